The summed E-state index contributed by atoms with van der Waals surface area (Å²) in [5, 5.41) is 7.21. The molecule has 2 aromatic carbocycles. The summed E-state index contributed by atoms with van der Waals surface area (Å²) >= 11 is 0. The fourth-order valence-electron chi connectivity index (χ4n) is 3.52. The molecule has 2 amide bonds. The molecule has 150 valence electrons. The summed E-state index contributed by atoms with van der Waals surface area (Å²) in [6.45, 7) is 3.54. The maximum atomic E-state index is 14.5. The van der Waals surface area contributed by atoms with Crippen LogP contribution in [0.5, 0.6) is 0 Å². The molecule has 1 saturated heterocycles. The number of urea groups is 1. The lowest BCUT2D eigenvalue weighted by Crippen LogP contribution is -2.50. The highest BCUT2D eigenvalue weighted by Crippen LogP contribution is 2.25. The van der Waals surface area contributed by atoms with Crippen LogP contribution in [0.15, 0.2) is 60.9 Å². The van der Waals surface area contributed by atoms with Crippen LogP contribution in [-0.4, -0.2) is 43.6 Å². The van der Waals surface area contributed by atoms with Crippen molar-refractivity contribution in [2.75, 3.05) is 18.4 Å². The molecule has 7 nitrogen and oxygen atoms in total. The van der Waals surface area contributed by atoms with E-state index >= 15 is 0 Å². The van der Waals surface area contributed by atoms with Crippen LogP contribution in [0.25, 0.3) is 28.3 Å². The molecule has 1 aliphatic rings. The van der Waals surface area contributed by atoms with E-state index in [0.29, 0.717) is 17.4 Å². The molecule has 1 N–H and O–H groups in total. The zero-order valence-electron chi connectivity index (χ0n) is 16.3. The highest BCUT2D eigenvalue weighted by atomic mass is 19.1. The monoisotopic (exact) mass is 402 g/mol. The first-order valence-corrected chi connectivity index (χ1v) is 9.70. The molecule has 0 atom stereocenters. The Hall–Kier alpha value is -3.81. The first kappa shape index (κ1) is 18.2. The average Bonchev–Trinajstić information content (AvgIpc) is 3.16. The van der Waals surface area contributed by atoms with Crippen LogP contribution in [0.3, 0.4) is 0 Å². The van der Waals surface area contributed by atoms with Crippen LogP contribution in [0.2, 0.25) is 0 Å². The fourth-order valence-corrected chi connectivity index (χ4v) is 3.52. The van der Waals surface area contributed by atoms with Crippen molar-refractivity contribution in [3.63, 3.8) is 0 Å². The van der Waals surface area contributed by atoms with Gasteiger partial charge in [0.2, 0.25) is 0 Å². The zero-order valence-corrected chi connectivity index (χ0v) is 16.3. The van der Waals surface area contributed by atoms with Crippen LogP contribution in [0.4, 0.5) is 14.9 Å². The molecule has 0 unspecified atom stereocenters. The number of hydrogen-bond donors (Lipinski definition) is 1. The van der Waals surface area contributed by atoms with Crippen molar-refractivity contribution in [3.05, 3.63) is 66.7 Å². The molecule has 1 fully saturated rings. The summed E-state index contributed by atoms with van der Waals surface area (Å²) in [7, 11) is 0. The molecule has 4 aromatic rings. The predicted molar refractivity (Wildman–Crippen MR) is 111 cm³/mol. The van der Waals surface area contributed by atoms with Gasteiger partial charge >= 0.3 is 6.03 Å². The number of benzene rings is 2. The summed E-state index contributed by atoms with van der Waals surface area (Å²) in [6, 6.07) is 14.0. The van der Waals surface area contributed by atoms with Gasteiger partial charge in [0.1, 0.15) is 5.82 Å². The second kappa shape index (κ2) is 7.22. The number of likely N-dealkylation sites (tertiary alicyclic amines) is 1. The fraction of sp³-hybridized carbons (Fsp3) is 0.182. The summed E-state index contributed by atoms with van der Waals surface area (Å²) in [6.07, 6.45) is 3.52. The van der Waals surface area contributed by atoms with Gasteiger partial charge in [-0.25, -0.2) is 18.7 Å². The number of nitrogens with one attached hydrogen (secondary N) is 1. The Bertz CT molecular complexity index is 1230. The van der Waals surface area contributed by atoms with Gasteiger partial charge in [-0.3, -0.25) is 0 Å². The first-order valence-electron chi connectivity index (χ1n) is 9.70. The highest BCUT2D eigenvalue weighted by Gasteiger charge is 2.27. The van der Waals surface area contributed by atoms with Gasteiger partial charge in [-0.2, -0.15) is 4.98 Å². The van der Waals surface area contributed by atoms with Crippen LogP contribution in [0.1, 0.15) is 6.92 Å². The Kier molecular flexibility index (Phi) is 4.39. The van der Waals surface area contributed by atoms with Gasteiger partial charge in [0.25, 0.3) is 5.78 Å². The van der Waals surface area contributed by atoms with Crippen molar-refractivity contribution in [1.29, 1.82) is 0 Å². The number of halogens is 1. The Labute approximate surface area is 172 Å². The van der Waals surface area contributed by atoms with Crippen LogP contribution < -0.4 is 5.32 Å². The number of anilines is 1. The Balaban J connectivity index is 1.45. The van der Waals surface area contributed by atoms with Gasteiger partial charge in [-0.05, 0) is 29.7 Å². The van der Waals surface area contributed by atoms with E-state index in [0.717, 1.165) is 24.2 Å². The summed E-state index contributed by atoms with van der Waals surface area (Å²) in [4.78, 5) is 22.7. The number of rotatable bonds is 3. The number of nitrogens with zero attached hydrogens (tertiary/aromatic N) is 5. The standard InChI is InChI=1S/C22H19FN6O/c1-14-11-28(12-14)22(30)25-17-7-8-19(23)18(9-17)20-26-21-24-10-16(13-29(21)27-20)15-5-3-2-4-6-15/h2-10,13-14H,11-12H2,1H3,(H,25,30). The smallest absolute Gasteiger partial charge is 0.321 e. The minimum Gasteiger partial charge on any atom is -0.324 e. The lowest BCUT2D eigenvalue weighted by Gasteiger charge is -2.36. The maximum Gasteiger partial charge on any atom is 0.321 e. The van der Waals surface area contributed by atoms with Crippen LogP contribution in [0, 0.1) is 11.7 Å². The SMILES string of the molecule is CC1CN(C(=O)Nc2ccc(F)c(-c3nc4ncc(-c5ccccc5)cn4n3)c2)C1. The van der Waals surface area contributed by atoms with E-state index in [2.05, 4.69) is 27.3 Å². The molecule has 0 spiro atoms. The Morgan fingerprint density at radius 3 is 2.70 bits per heavy atom. The van der Waals surface area contributed by atoms with Crippen molar-refractivity contribution in [3.8, 4) is 22.5 Å². The minimum absolute atomic E-state index is 0.192. The number of fused-ring (bicyclic) bond motifs is 1. The summed E-state index contributed by atoms with van der Waals surface area (Å²) in [5.41, 5.74) is 2.58. The van der Waals surface area contributed by atoms with E-state index in [1.807, 2.05) is 36.5 Å². The van der Waals surface area contributed by atoms with Gasteiger partial charge in [-0.15, -0.1) is 5.10 Å². The maximum absolute atomic E-state index is 14.5. The topological polar surface area (TPSA) is 75.4 Å². The zero-order chi connectivity index (χ0) is 20.7. The third kappa shape index (κ3) is 3.36. The molecule has 8 heteroatoms. The quantitative estimate of drug-likeness (QED) is 0.560. The molecule has 1 aliphatic heterocycles. The molecule has 0 saturated carbocycles. The van der Waals surface area contributed by atoms with Crippen LogP contribution >= 0.6 is 0 Å². The third-order valence-electron chi connectivity index (χ3n) is 5.11. The van der Waals surface area contributed by atoms with Gasteiger partial charge in [0, 0.05) is 36.7 Å². The molecule has 5 rings (SSSR count). The molecule has 30 heavy (non-hydrogen) atoms. The van der Waals surface area contributed by atoms with E-state index in [1.165, 1.54) is 16.6 Å². The molecular formula is C22H19FN6O. The largest absolute Gasteiger partial charge is 0.324 e. The van der Waals surface area contributed by atoms with E-state index in [1.54, 1.807) is 17.2 Å². The molecule has 0 bridgehead atoms. The summed E-state index contributed by atoms with van der Waals surface area (Å²) in [5.74, 6) is 0.617. The van der Waals surface area contributed by atoms with E-state index < -0.39 is 5.82 Å². The second-order valence-electron chi connectivity index (χ2n) is 7.52. The van der Waals surface area contributed by atoms with Crippen molar-refractivity contribution < 1.29 is 9.18 Å². The Morgan fingerprint density at radius 1 is 1.13 bits per heavy atom. The van der Waals surface area contributed by atoms with Gasteiger partial charge in [0.15, 0.2) is 5.82 Å². The van der Waals surface area contributed by atoms with E-state index in [-0.39, 0.29) is 17.4 Å². The van der Waals surface area contributed by atoms with Crippen molar-refractivity contribution in [2.24, 2.45) is 5.92 Å². The predicted octanol–water partition coefficient (Wildman–Crippen LogP) is 4.08. The van der Waals surface area contributed by atoms with Gasteiger partial charge in [0.05, 0.1) is 5.56 Å². The summed E-state index contributed by atoms with van der Waals surface area (Å²) < 4.78 is 16.1. The lowest BCUT2D eigenvalue weighted by molar-refractivity contribution is 0.141. The number of amides is 2. The molecule has 3 heterocycles. The average molecular weight is 402 g/mol. The lowest BCUT2D eigenvalue weighted by atomic mass is 10.0. The van der Waals surface area contributed by atoms with Crippen molar-refractivity contribution in [1.82, 2.24) is 24.5 Å². The molecular weight excluding hydrogens is 383 g/mol. The van der Waals surface area contributed by atoms with Crippen LogP contribution in [-0.2, 0) is 0 Å². The Morgan fingerprint density at radius 2 is 1.93 bits per heavy atom. The van der Waals surface area contributed by atoms with Crippen molar-refractivity contribution >= 4 is 17.5 Å². The number of hydrogen-bond acceptors (Lipinski definition) is 4. The van der Waals surface area contributed by atoms with E-state index in [9.17, 15) is 9.18 Å². The van der Waals surface area contributed by atoms with Gasteiger partial charge in [-0.1, -0.05) is 37.3 Å². The second-order valence-corrected chi connectivity index (χ2v) is 7.52. The molecule has 2 aromatic heterocycles. The number of aromatic nitrogens is 4. The third-order valence-corrected chi connectivity index (χ3v) is 5.11. The van der Waals surface area contributed by atoms with Gasteiger partial charge < -0.3 is 10.2 Å². The number of carbonyl (C=O) groups is 1. The number of carbonyl (C=O) groups excluding carboxylic acids is 1. The first-order chi connectivity index (χ1) is 14.6. The minimum atomic E-state index is -0.468. The molecule has 0 radical (unpaired) electrons. The molecule has 0 aliphatic carbocycles. The van der Waals surface area contributed by atoms with E-state index in [4.69, 9.17) is 0 Å². The normalized spacial score (nSPS) is 14.0. The van der Waals surface area contributed by atoms with Crippen molar-refractivity contribution in [2.45, 2.75) is 6.92 Å². The highest BCUT2D eigenvalue weighted by molar-refractivity contribution is 5.90.